The first kappa shape index (κ1) is 20.2. The molecule has 5 heteroatoms. The average Bonchev–Trinajstić information content (AvgIpc) is 3.21. The Morgan fingerprint density at radius 2 is 1.36 bits per heavy atom. The molecule has 1 aliphatic heterocycles. The summed E-state index contributed by atoms with van der Waals surface area (Å²) < 4.78 is 5.99. The molecule has 7 rings (SSSR count). The van der Waals surface area contributed by atoms with Crippen LogP contribution in [0.5, 0.6) is 0 Å². The molecule has 3 aromatic rings. The topological polar surface area (TPSA) is 66.8 Å². The number of benzene rings is 3. The standard InChI is InChI=1S/C28H25NO4/c1-27-18-12-6-8-14-20(18)28(2,21-15-9-7-13-19(21)27)25-24(27)29(26(32)33-25)23(31)16-22(30)17-10-4-3-5-11-17/h3-15,22,24-25,30H,16H2,1-2H3/t22-,24+,25-,27?,28?/m0/s1. The molecule has 1 N–H and O–H groups in total. The van der Waals surface area contributed by atoms with Crippen molar-refractivity contribution in [3.63, 3.8) is 0 Å². The summed E-state index contributed by atoms with van der Waals surface area (Å²) in [6, 6.07) is 25.0. The number of hydrogen-bond acceptors (Lipinski definition) is 4. The number of carbonyl (C=O) groups is 2. The summed E-state index contributed by atoms with van der Waals surface area (Å²) in [4.78, 5) is 28.0. The summed E-state index contributed by atoms with van der Waals surface area (Å²) >= 11 is 0. The van der Waals surface area contributed by atoms with Gasteiger partial charge in [-0.05, 0) is 41.7 Å². The van der Waals surface area contributed by atoms with Crippen LogP contribution in [-0.4, -0.2) is 34.2 Å². The van der Waals surface area contributed by atoms with Gasteiger partial charge in [-0.1, -0.05) is 78.9 Å². The minimum atomic E-state index is -0.991. The van der Waals surface area contributed by atoms with Crippen molar-refractivity contribution in [1.29, 1.82) is 0 Å². The van der Waals surface area contributed by atoms with Crippen LogP contribution in [0, 0.1) is 0 Å². The highest BCUT2D eigenvalue weighted by atomic mass is 16.6. The smallest absolute Gasteiger partial charge is 0.417 e. The molecule has 2 bridgehead atoms. The molecule has 2 amide bonds. The molecule has 3 aromatic carbocycles. The molecule has 0 saturated carbocycles. The summed E-state index contributed by atoms with van der Waals surface area (Å²) in [5.74, 6) is -0.420. The number of nitrogens with zero attached hydrogens (tertiary/aromatic N) is 1. The van der Waals surface area contributed by atoms with Crippen LogP contribution in [0.3, 0.4) is 0 Å². The van der Waals surface area contributed by atoms with Gasteiger partial charge in [0, 0.05) is 5.41 Å². The third-order valence-corrected chi connectivity index (χ3v) is 8.06. The highest BCUT2D eigenvalue weighted by Crippen LogP contribution is 2.62. The van der Waals surface area contributed by atoms with Crippen molar-refractivity contribution in [3.8, 4) is 0 Å². The van der Waals surface area contributed by atoms with E-state index in [0.29, 0.717) is 5.56 Å². The zero-order chi connectivity index (χ0) is 23.0. The van der Waals surface area contributed by atoms with E-state index in [1.54, 1.807) is 12.1 Å². The molecular formula is C28H25NO4. The first-order valence-corrected chi connectivity index (χ1v) is 11.3. The summed E-state index contributed by atoms with van der Waals surface area (Å²) in [5, 5.41) is 10.7. The quantitative estimate of drug-likeness (QED) is 0.654. The molecule has 0 unspecified atom stereocenters. The first-order chi connectivity index (χ1) is 15.9. The molecular weight excluding hydrogens is 414 g/mol. The monoisotopic (exact) mass is 439 g/mol. The van der Waals surface area contributed by atoms with Crippen LogP contribution in [0.25, 0.3) is 0 Å². The Balaban J connectivity index is 1.48. The second-order valence-corrected chi connectivity index (χ2v) is 9.64. The maximum Gasteiger partial charge on any atom is 0.417 e. The van der Waals surface area contributed by atoms with E-state index >= 15 is 0 Å². The minimum absolute atomic E-state index is 0.182. The van der Waals surface area contributed by atoms with E-state index in [4.69, 9.17) is 4.74 Å². The van der Waals surface area contributed by atoms with Crippen LogP contribution in [-0.2, 0) is 20.4 Å². The minimum Gasteiger partial charge on any atom is -0.442 e. The van der Waals surface area contributed by atoms with E-state index in [9.17, 15) is 14.7 Å². The van der Waals surface area contributed by atoms with Crippen molar-refractivity contribution in [1.82, 2.24) is 4.90 Å². The van der Waals surface area contributed by atoms with Gasteiger partial charge in [0.25, 0.3) is 0 Å². The van der Waals surface area contributed by atoms with Gasteiger partial charge >= 0.3 is 6.09 Å². The lowest BCUT2D eigenvalue weighted by Gasteiger charge is -2.58. The van der Waals surface area contributed by atoms with Crippen molar-refractivity contribution >= 4 is 12.0 Å². The number of aliphatic hydroxyl groups is 1. The van der Waals surface area contributed by atoms with Gasteiger partial charge in [0.1, 0.15) is 6.10 Å². The summed E-state index contributed by atoms with van der Waals surface area (Å²) in [6.07, 6.45) is -2.31. The van der Waals surface area contributed by atoms with Crippen molar-refractivity contribution in [3.05, 3.63) is 107 Å². The number of hydrogen-bond donors (Lipinski definition) is 1. The van der Waals surface area contributed by atoms with Crippen molar-refractivity contribution in [2.45, 2.75) is 49.3 Å². The number of amides is 2. The Morgan fingerprint density at radius 3 is 1.91 bits per heavy atom. The summed E-state index contributed by atoms with van der Waals surface area (Å²) in [7, 11) is 0. The summed E-state index contributed by atoms with van der Waals surface area (Å²) in [5.41, 5.74) is 3.97. The van der Waals surface area contributed by atoms with Gasteiger partial charge in [-0.3, -0.25) is 4.79 Å². The van der Waals surface area contributed by atoms with E-state index in [1.807, 2.05) is 42.5 Å². The van der Waals surface area contributed by atoms with Gasteiger partial charge < -0.3 is 9.84 Å². The van der Waals surface area contributed by atoms with Gasteiger partial charge in [-0.15, -0.1) is 0 Å². The number of ether oxygens (including phenoxy) is 1. The fourth-order valence-electron chi connectivity index (χ4n) is 6.48. The molecule has 1 saturated heterocycles. The molecule has 4 aliphatic rings. The number of rotatable bonds is 3. The molecule has 0 radical (unpaired) electrons. The van der Waals surface area contributed by atoms with Crippen molar-refractivity contribution in [2.75, 3.05) is 0 Å². The Hall–Kier alpha value is -3.44. The fraction of sp³-hybridized carbons (Fsp3) is 0.286. The van der Waals surface area contributed by atoms with E-state index in [-0.39, 0.29) is 6.42 Å². The van der Waals surface area contributed by atoms with E-state index < -0.39 is 41.1 Å². The Kier molecular flexibility index (Phi) is 4.15. The molecule has 3 aliphatic carbocycles. The molecule has 1 fully saturated rings. The molecule has 0 spiro atoms. The van der Waals surface area contributed by atoms with Crippen LogP contribution in [0.4, 0.5) is 4.79 Å². The van der Waals surface area contributed by atoms with Crippen LogP contribution in [0.2, 0.25) is 0 Å². The predicted molar refractivity (Wildman–Crippen MR) is 123 cm³/mol. The Bertz CT molecular complexity index is 1240. The van der Waals surface area contributed by atoms with Gasteiger partial charge in [0.05, 0.1) is 24.0 Å². The van der Waals surface area contributed by atoms with Crippen LogP contribution in [0.1, 0.15) is 54.2 Å². The van der Waals surface area contributed by atoms with Gasteiger partial charge in [-0.25, -0.2) is 9.69 Å². The largest absolute Gasteiger partial charge is 0.442 e. The van der Waals surface area contributed by atoms with Crippen molar-refractivity contribution < 1.29 is 19.4 Å². The Morgan fingerprint density at radius 1 is 0.879 bits per heavy atom. The van der Waals surface area contributed by atoms with Gasteiger partial charge in [-0.2, -0.15) is 0 Å². The second kappa shape index (κ2) is 6.78. The molecule has 166 valence electrons. The third-order valence-electron chi connectivity index (χ3n) is 8.06. The lowest BCUT2D eigenvalue weighted by atomic mass is 9.47. The number of imide groups is 1. The van der Waals surface area contributed by atoms with E-state index in [1.165, 1.54) is 4.90 Å². The third kappa shape index (κ3) is 2.46. The Labute approximate surface area is 192 Å². The zero-order valence-corrected chi connectivity index (χ0v) is 18.6. The fourth-order valence-corrected chi connectivity index (χ4v) is 6.48. The molecule has 0 aromatic heterocycles. The lowest BCUT2D eigenvalue weighted by Crippen LogP contribution is -2.66. The van der Waals surface area contributed by atoms with Crippen molar-refractivity contribution in [2.24, 2.45) is 0 Å². The maximum atomic E-state index is 13.5. The molecule has 3 atom stereocenters. The van der Waals surface area contributed by atoms with Crippen LogP contribution >= 0.6 is 0 Å². The van der Waals surface area contributed by atoms with Crippen LogP contribution < -0.4 is 0 Å². The molecule has 33 heavy (non-hydrogen) atoms. The first-order valence-electron chi connectivity index (χ1n) is 11.3. The highest BCUT2D eigenvalue weighted by Gasteiger charge is 2.69. The highest BCUT2D eigenvalue weighted by molar-refractivity contribution is 5.95. The lowest BCUT2D eigenvalue weighted by molar-refractivity contribution is -0.132. The van der Waals surface area contributed by atoms with E-state index in [2.05, 4.69) is 38.1 Å². The zero-order valence-electron chi connectivity index (χ0n) is 18.6. The molecule has 5 nitrogen and oxygen atoms in total. The van der Waals surface area contributed by atoms with Gasteiger partial charge in [0.2, 0.25) is 5.91 Å². The maximum absolute atomic E-state index is 13.5. The predicted octanol–water partition coefficient (Wildman–Crippen LogP) is 4.47. The normalized spacial score (nSPS) is 29.7. The van der Waals surface area contributed by atoms with Gasteiger partial charge in [0.15, 0.2) is 0 Å². The second-order valence-electron chi connectivity index (χ2n) is 9.64. The number of carbonyl (C=O) groups excluding carboxylic acids is 2. The van der Waals surface area contributed by atoms with Crippen LogP contribution in [0.15, 0.2) is 78.9 Å². The average molecular weight is 440 g/mol. The summed E-state index contributed by atoms with van der Waals surface area (Å²) in [6.45, 7) is 4.22. The SMILES string of the molecule is CC12c3ccccc3C(C)(c3ccccc31)[C@H]1[C@@H]2OC(=O)N1C(=O)C[C@H](O)c1ccccc1. The molecule has 1 heterocycles. The number of aliphatic hydroxyl groups excluding tert-OH is 1. The van der Waals surface area contributed by atoms with E-state index in [0.717, 1.165) is 22.3 Å².